The monoisotopic (exact) mass is 439 g/mol. The van der Waals surface area contributed by atoms with E-state index in [1.165, 1.54) is 18.5 Å². The average molecular weight is 440 g/mol. The van der Waals surface area contributed by atoms with E-state index in [0.717, 1.165) is 3.70 Å². The summed E-state index contributed by atoms with van der Waals surface area (Å²) in [6.45, 7) is 0.391. The number of aromatic nitrogens is 2. The largest absolute Gasteiger partial charge is 0.370 e. The molecule has 0 amide bonds. The second-order valence-corrected chi connectivity index (χ2v) is 5.77. The van der Waals surface area contributed by atoms with Crippen molar-refractivity contribution < 1.29 is 8.78 Å². The third-order valence-electron chi connectivity index (χ3n) is 2.42. The van der Waals surface area contributed by atoms with E-state index in [1.807, 2.05) is 0 Å². The van der Waals surface area contributed by atoms with Gasteiger partial charge in [-0.05, 0) is 41.1 Å². The molecule has 0 spiro atoms. The van der Waals surface area contributed by atoms with E-state index in [2.05, 4.69) is 53.8 Å². The fourth-order valence-corrected chi connectivity index (χ4v) is 2.38. The van der Waals surface area contributed by atoms with E-state index in [4.69, 9.17) is 0 Å². The Bertz CT molecular complexity index is 572. The van der Waals surface area contributed by atoms with Crippen molar-refractivity contribution in [3.63, 3.8) is 0 Å². The van der Waals surface area contributed by atoms with Crippen LogP contribution in [0.1, 0.15) is 5.56 Å². The number of anilines is 1. The van der Waals surface area contributed by atoms with E-state index >= 15 is 0 Å². The van der Waals surface area contributed by atoms with Gasteiger partial charge in [0.25, 0.3) is 0 Å². The minimum Gasteiger partial charge on any atom is -0.370 e. The topological polar surface area (TPSA) is 37.8 Å². The first-order valence-electron chi connectivity index (χ1n) is 5.41. The number of hydrogen-bond acceptors (Lipinski definition) is 3. The molecule has 3 nitrogen and oxygen atoms in total. The Labute approximate surface area is 131 Å². The first-order valence-corrected chi connectivity index (χ1v) is 7.28. The fourth-order valence-electron chi connectivity index (χ4n) is 1.56. The van der Waals surface area contributed by atoms with Gasteiger partial charge in [0.05, 0.1) is 0 Å². The van der Waals surface area contributed by atoms with Crippen LogP contribution in [-0.2, 0) is 6.42 Å². The molecule has 0 atom stereocenters. The van der Waals surface area contributed by atoms with Gasteiger partial charge in [-0.25, -0.2) is 18.7 Å². The quantitative estimate of drug-likeness (QED) is 0.582. The average Bonchev–Trinajstić information content (AvgIpc) is 2.32. The van der Waals surface area contributed by atoms with Gasteiger partial charge in [0.2, 0.25) is 0 Å². The van der Waals surface area contributed by atoms with Crippen molar-refractivity contribution >= 4 is 44.3 Å². The predicted molar refractivity (Wildman–Crippen MR) is 81.0 cm³/mol. The molecule has 1 aromatic carbocycles. The lowest BCUT2D eigenvalue weighted by molar-refractivity contribution is 0.555. The number of rotatable bonds is 4. The first-order chi connectivity index (χ1) is 9.06. The normalized spacial score (nSPS) is 10.5. The highest BCUT2D eigenvalue weighted by Gasteiger charge is 2.10. The maximum atomic E-state index is 13.6. The van der Waals surface area contributed by atoms with Crippen molar-refractivity contribution in [2.45, 2.75) is 6.42 Å². The lowest BCUT2D eigenvalue weighted by Crippen LogP contribution is -2.09. The van der Waals surface area contributed by atoms with Crippen LogP contribution < -0.4 is 5.32 Å². The molecular formula is C12H9BrF2IN3. The Morgan fingerprint density at radius 1 is 1.16 bits per heavy atom. The SMILES string of the molecule is Fc1cc(Br)cc(F)c1CCNc1cc(I)ncn1. The molecule has 0 saturated carbocycles. The molecule has 19 heavy (non-hydrogen) atoms. The molecular weight excluding hydrogens is 431 g/mol. The summed E-state index contributed by atoms with van der Waals surface area (Å²) in [5.74, 6) is -0.464. The zero-order valence-corrected chi connectivity index (χ0v) is 13.4. The highest BCUT2D eigenvalue weighted by molar-refractivity contribution is 14.1. The molecule has 100 valence electrons. The highest BCUT2D eigenvalue weighted by atomic mass is 127. The maximum Gasteiger partial charge on any atom is 0.130 e. The predicted octanol–water partition coefficient (Wildman–Crippen LogP) is 3.78. The van der Waals surface area contributed by atoms with Crippen LogP contribution in [-0.4, -0.2) is 16.5 Å². The maximum absolute atomic E-state index is 13.6. The van der Waals surface area contributed by atoms with Crippen molar-refractivity contribution in [2.75, 3.05) is 11.9 Å². The van der Waals surface area contributed by atoms with Gasteiger partial charge in [0.1, 0.15) is 27.5 Å². The van der Waals surface area contributed by atoms with Crippen molar-refractivity contribution in [3.8, 4) is 0 Å². The summed E-state index contributed by atoms with van der Waals surface area (Å²) in [5.41, 5.74) is 0.0689. The number of halogens is 4. The molecule has 0 radical (unpaired) electrons. The molecule has 0 saturated heterocycles. The van der Waals surface area contributed by atoms with Gasteiger partial charge in [-0.2, -0.15) is 0 Å². The summed E-state index contributed by atoms with van der Waals surface area (Å²) in [6.07, 6.45) is 1.68. The molecule has 0 aliphatic carbocycles. The van der Waals surface area contributed by atoms with Crippen molar-refractivity contribution in [2.24, 2.45) is 0 Å². The molecule has 2 aromatic rings. The summed E-state index contributed by atoms with van der Waals surface area (Å²) in [6, 6.07) is 4.27. The van der Waals surface area contributed by atoms with Crippen LogP contribution in [0.3, 0.4) is 0 Å². The smallest absolute Gasteiger partial charge is 0.130 e. The van der Waals surface area contributed by atoms with E-state index in [9.17, 15) is 8.78 Å². The Balaban J connectivity index is 2.00. The standard InChI is InChI=1S/C12H9BrF2IN3/c13-7-3-9(14)8(10(15)4-7)1-2-17-12-5-11(16)18-6-19-12/h3-6H,1-2H2,(H,17,18,19). The summed E-state index contributed by atoms with van der Waals surface area (Å²) in [5, 5.41) is 3.00. The summed E-state index contributed by atoms with van der Waals surface area (Å²) >= 11 is 5.11. The van der Waals surface area contributed by atoms with Gasteiger partial charge in [-0.1, -0.05) is 15.9 Å². The van der Waals surface area contributed by atoms with E-state index in [-0.39, 0.29) is 12.0 Å². The van der Waals surface area contributed by atoms with Crippen LogP contribution in [0.15, 0.2) is 29.0 Å². The summed E-state index contributed by atoms with van der Waals surface area (Å²) in [7, 11) is 0. The third kappa shape index (κ3) is 4.07. The number of benzene rings is 1. The van der Waals surface area contributed by atoms with E-state index < -0.39 is 11.6 Å². The van der Waals surface area contributed by atoms with Crippen LogP contribution in [0, 0.1) is 15.3 Å². The van der Waals surface area contributed by atoms with Crippen molar-refractivity contribution in [1.82, 2.24) is 9.97 Å². The van der Waals surface area contributed by atoms with Gasteiger partial charge in [0.15, 0.2) is 0 Å². The number of nitrogens with one attached hydrogen (secondary N) is 1. The molecule has 0 bridgehead atoms. The first kappa shape index (κ1) is 14.6. The van der Waals surface area contributed by atoms with Gasteiger partial charge >= 0.3 is 0 Å². The molecule has 1 aromatic heterocycles. The molecule has 1 N–H and O–H groups in total. The lowest BCUT2D eigenvalue weighted by Gasteiger charge is -2.08. The molecule has 2 rings (SSSR count). The van der Waals surface area contributed by atoms with E-state index in [0.29, 0.717) is 16.8 Å². The number of nitrogens with zero attached hydrogens (tertiary/aromatic N) is 2. The van der Waals surface area contributed by atoms with Gasteiger partial charge in [-0.15, -0.1) is 0 Å². The van der Waals surface area contributed by atoms with Crippen LogP contribution in [0.5, 0.6) is 0 Å². The van der Waals surface area contributed by atoms with Crippen LogP contribution >= 0.6 is 38.5 Å². The third-order valence-corrected chi connectivity index (χ3v) is 3.47. The molecule has 0 aliphatic heterocycles. The van der Waals surface area contributed by atoms with Crippen molar-refractivity contribution in [3.05, 3.63) is 49.9 Å². The minimum absolute atomic E-state index is 0.0689. The van der Waals surface area contributed by atoms with Gasteiger partial charge < -0.3 is 5.32 Å². The van der Waals surface area contributed by atoms with E-state index in [1.54, 1.807) is 6.07 Å². The number of hydrogen-bond donors (Lipinski definition) is 1. The Kier molecular flexibility index (Phi) is 5.03. The Morgan fingerprint density at radius 3 is 2.47 bits per heavy atom. The van der Waals surface area contributed by atoms with Crippen LogP contribution in [0.4, 0.5) is 14.6 Å². The summed E-state index contributed by atoms with van der Waals surface area (Å²) in [4.78, 5) is 7.96. The minimum atomic E-state index is -0.550. The summed E-state index contributed by atoms with van der Waals surface area (Å²) < 4.78 is 28.3. The molecule has 1 heterocycles. The van der Waals surface area contributed by atoms with Crippen molar-refractivity contribution in [1.29, 1.82) is 0 Å². The second kappa shape index (κ2) is 6.56. The molecule has 0 unspecified atom stereocenters. The molecule has 0 aliphatic rings. The van der Waals surface area contributed by atoms with Crippen LogP contribution in [0.2, 0.25) is 0 Å². The van der Waals surface area contributed by atoms with Gasteiger partial charge in [0, 0.05) is 22.6 Å². The lowest BCUT2D eigenvalue weighted by atomic mass is 10.1. The highest BCUT2D eigenvalue weighted by Crippen LogP contribution is 2.20. The molecule has 7 heteroatoms. The molecule has 0 fully saturated rings. The van der Waals surface area contributed by atoms with Crippen LogP contribution in [0.25, 0.3) is 0 Å². The zero-order valence-electron chi connectivity index (χ0n) is 9.63. The zero-order chi connectivity index (χ0) is 13.8. The van der Waals surface area contributed by atoms with Gasteiger partial charge in [-0.3, -0.25) is 0 Å². The fraction of sp³-hybridized carbons (Fsp3) is 0.167. The Hall–Kier alpha value is -0.830. The Morgan fingerprint density at radius 2 is 1.84 bits per heavy atom. The second-order valence-electron chi connectivity index (χ2n) is 3.75.